The molecule has 0 bridgehead atoms. The molecule has 1 heterocycles. The van der Waals surface area contributed by atoms with E-state index in [1.807, 2.05) is 18.2 Å². The van der Waals surface area contributed by atoms with Crippen molar-refractivity contribution in [1.29, 1.82) is 0 Å². The molecule has 19 heavy (non-hydrogen) atoms. The fourth-order valence-corrected chi connectivity index (χ4v) is 4.32. The Morgan fingerprint density at radius 3 is 2.89 bits per heavy atom. The molecule has 1 aromatic heterocycles. The fourth-order valence-electron chi connectivity index (χ4n) is 2.83. The Labute approximate surface area is 125 Å². The number of aryl methyl sites for hydroxylation is 1. The number of fused-ring (bicyclic) bond motifs is 1. The maximum Gasteiger partial charge on any atom is 0.145 e. The lowest BCUT2D eigenvalue weighted by atomic mass is 9.80. The van der Waals surface area contributed by atoms with E-state index in [2.05, 4.69) is 34.1 Å². The van der Waals surface area contributed by atoms with Crippen LogP contribution in [0.1, 0.15) is 34.8 Å². The second-order valence-corrected chi connectivity index (χ2v) is 7.54. The summed E-state index contributed by atoms with van der Waals surface area (Å²) in [6.45, 7) is 0. The number of hydrogen-bond donors (Lipinski definition) is 0. The molecule has 3 heteroatoms. The first kappa shape index (κ1) is 13.1. The topological polar surface area (TPSA) is 17.1 Å². The molecule has 1 aliphatic carbocycles. The van der Waals surface area contributed by atoms with Gasteiger partial charge in [0.15, 0.2) is 0 Å². The van der Waals surface area contributed by atoms with Crippen molar-refractivity contribution in [2.24, 2.45) is 0 Å². The average Bonchev–Trinajstić information content (AvgIpc) is 2.83. The Hall–Kier alpha value is -0.930. The van der Waals surface area contributed by atoms with E-state index in [0.29, 0.717) is 12.2 Å². The van der Waals surface area contributed by atoms with E-state index >= 15 is 0 Å². The molecule has 1 aromatic carbocycles. The van der Waals surface area contributed by atoms with E-state index in [1.165, 1.54) is 11.1 Å². The number of carbonyl (C=O) groups is 1. The zero-order valence-electron chi connectivity index (χ0n) is 10.6. The minimum absolute atomic E-state index is 0.103. The van der Waals surface area contributed by atoms with Gasteiger partial charge in [0.05, 0.1) is 3.79 Å². The normalized spacial score (nSPS) is 18.1. The number of ketones is 1. The Morgan fingerprint density at radius 2 is 2.11 bits per heavy atom. The van der Waals surface area contributed by atoms with Gasteiger partial charge in [-0.1, -0.05) is 24.3 Å². The quantitative estimate of drug-likeness (QED) is 0.792. The van der Waals surface area contributed by atoms with Crippen LogP contribution in [0.5, 0.6) is 0 Å². The van der Waals surface area contributed by atoms with E-state index < -0.39 is 0 Å². The molecule has 1 nitrogen and oxygen atoms in total. The SMILES string of the molecule is O=C(Cc1ccc(Br)s1)C1CCCc2ccccc21. The number of benzene rings is 1. The summed E-state index contributed by atoms with van der Waals surface area (Å²) in [7, 11) is 0. The van der Waals surface area contributed by atoms with E-state index in [4.69, 9.17) is 0 Å². The lowest BCUT2D eigenvalue weighted by Gasteiger charge is -2.24. The molecule has 0 saturated carbocycles. The molecule has 1 aliphatic rings. The minimum atomic E-state index is 0.103. The maximum atomic E-state index is 12.5. The Bertz CT molecular complexity index is 602. The Balaban J connectivity index is 1.81. The first-order valence-corrected chi connectivity index (χ1v) is 8.20. The van der Waals surface area contributed by atoms with Crippen molar-refractivity contribution in [3.05, 3.63) is 56.2 Å². The van der Waals surface area contributed by atoms with Crippen LogP contribution in [0.15, 0.2) is 40.2 Å². The second kappa shape index (κ2) is 5.59. The van der Waals surface area contributed by atoms with Crippen molar-refractivity contribution in [3.63, 3.8) is 0 Å². The highest BCUT2D eigenvalue weighted by Crippen LogP contribution is 2.33. The van der Waals surface area contributed by atoms with Crippen molar-refractivity contribution in [2.45, 2.75) is 31.6 Å². The summed E-state index contributed by atoms with van der Waals surface area (Å²) in [5, 5.41) is 0. The molecule has 98 valence electrons. The number of thiophene rings is 1. The monoisotopic (exact) mass is 334 g/mol. The standard InChI is InChI=1S/C16H15BrOS/c17-16-9-8-12(19-16)10-15(18)14-7-3-5-11-4-1-2-6-13(11)14/h1-2,4,6,8-9,14H,3,5,7,10H2. The van der Waals surface area contributed by atoms with Gasteiger partial charge in [-0.3, -0.25) is 4.79 Å². The third kappa shape index (κ3) is 2.82. The molecule has 3 rings (SSSR count). The van der Waals surface area contributed by atoms with Crippen molar-refractivity contribution < 1.29 is 4.79 Å². The zero-order chi connectivity index (χ0) is 13.2. The number of hydrogen-bond acceptors (Lipinski definition) is 2. The number of carbonyl (C=O) groups excluding carboxylic acids is 1. The van der Waals surface area contributed by atoms with Gasteiger partial charge in [0, 0.05) is 17.2 Å². The second-order valence-electron chi connectivity index (χ2n) is 4.99. The summed E-state index contributed by atoms with van der Waals surface area (Å²) in [6, 6.07) is 12.5. The lowest BCUT2D eigenvalue weighted by Crippen LogP contribution is -2.19. The third-order valence-corrected chi connectivity index (χ3v) is 5.36. The zero-order valence-corrected chi connectivity index (χ0v) is 13.0. The van der Waals surface area contributed by atoms with Gasteiger partial charge in [-0.25, -0.2) is 0 Å². The number of Topliss-reactive ketones (excluding diaryl/α,β-unsaturated/α-hetero) is 1. The summed E-state index contributed by atoms with van der Waals surface area (Å²) < 4.78 is 1.10. The molecule has 1 atom stereocenters. The number of rotatable bonds is 3. The van der Waals surface area contributed by atoms with Gasteiger partial charge < -0.3 is 0 Å². The van der Waals surface area contributed by atoms with Crippen molar-refractivity contribution in [2.75, 3.05) is 0 Å². The van der Waals surface area contributed by atoms with Gasteiger partial charge >= 0.3 is 0 Å². The Morgan fingerprint density at radius 1 is 1.26 bits per heavy atom. The summed E-state index contributed by atoms with van der Waals surface area (Å²) in [4.78, 5) is 13.7. The molecule has 0 saturated heterocycles. The first-order chi connectivity index (χ1) is 9.24. The van der Waals surface area contributed by atoms with E-state index in [0.717, 1.165) is 27.9 Å². The van der Waals surface area contributed by atoms with E-state index in [-0.39, 0.29) is 5.92 Å². The fraction of sp³-hybridized carbons (Fsp3) is 0.312. The molecule has 0 N–H and O–H groups in total. The lowest BCUT2D eigenvalue weighted by molar-refractivity contribution is -0.120. The molecule has 1 unspecified atom stereocenters. The van der Waals surface area contributed by atoms with Crippen LogP contribution in [0.3, 0.4) is 0 Å². The largest absolute Gasteiger partial charge is 0.299 e. The van der Waals surface area contributed by atoms with E-state index in [1.54, 1.807) is 11.3 Å². The van der Waals surface area contributed by atoms with Crippen LogP contribution in [-0.4, -0.2) is 5.78 Å². The van der Waals surface area contributed by atoms with Crippen LogP contribution in [0, 0.1) is 0 Å². The predicted octanol–water partition coefficient (Wildman–Crippen LogP) is 4.74. The van der Waals surface area contributed by atoms with Gasteiger partial charge in [0.25, 0.3) is 0 Å². The van der Waals surface area contributed by atoms with Gasteiger partial charge in [-0.15, -0.1) is 11.3 Å². The number of halogens is 1. The van der Waals surface area contributed by atoms with Crippen molar-refractivity contribution in [1.82, 2.24) is 0 Å². The summed E-state index contributed by atoms with van der Waals surface area (Å²) in [6.07, 6.45) is 3.81. The molecular weight excluding hydrogens is 320 g/mol. The van der Waals surface area contributed by atoms with Crippen LogP contribution < -0.4 is 0 Å². The van der Waals surface area contributed by atoms with Crippen LogP contribution in [0.4, 0.5) is 0 Å². The van der Waals surface area contributed by atoms with E-state index in [9.17, 15) is 4.79 Å². The minimum Gasteiger partial charge on any atom is -0.299 e. The molecule has 0 aliphatic heterocycles. The van der Waals surface area contributed by atoms with Crippen LogP contribution in [-0.2, 0) is 17.6 Å². The molecule has 0 radical (unpaired) electrons. The molecule has 2 aromatic rings. The summed E-state index contributed by atoms with van der Waals surface area (Å²) in [5.41, 5.74) is 2.62. The van der Waals surface area contributed by atoms with Gasteiger partial charge in [-0.05, 0) is 58.5 Å². The predicted molar refractivity (Wildman–Crippen MR) is 82.9 cm³/mol. The van der Waals surface area contributed by atoms with Gasteiger partial charge in [-0.2, -0.15) is 0 Å². The Kier molecular flexibility index (Phi) is 3.85. The summed E-state index contributed by atoms with van der Waals surface area (Å²) in [5.74, 6) is 0.465. The smallest absolute Gasteiger partial charge is 0.145 e. The van der Waals surface area contributed by atoms with Crippen LogP contribution in [0.2, 0.25) is 0 Å². The summed E-state index contributed by atoms with van der Waals surface area (Å²) >= 11 is 5.11. The van der Waals surface area contributed by atoms with Crippen molar-refractivity contribution >= 4 is 33.0 Å². The maximum absolute atomic E-state index is 12.5. The average molecular weight is 335 g/mol. The molecule has 0 amide bonds. The molecular formula is C16H15BrOS. The highest BCUT2D eigenvalue weighted by Gasteiger charge is 2.26. The highest BCUT2D eigenvalue weighted by molar-refractivity contribution is 9.11. The highest BCUT2D eigenvalue weighted by atomic mass is 79.9. The first-order valence-electron chi connectivity index (χ1n) is 6.59. The third-order valence-electron chi connectivity index (χ3n) is 3.74. The van der Waals surface area contributed by atoms with Gasteiger partial charge in [0.1, 0.15) is 5.78 Å². The van der Waals surface area contributed by atoms with Gasteiger partial charge in [0.2, 0.25) is 0 Å². The van der Waals surface area contributed by atoms with Crippen LogP contribution >= 0.6 is 27.3 Å². The van der Waals surface area contributed by atoms with Crippen LogP contribution in [0.25, 0.3) is 0 Å². The molecule has 0 spiro atoms. The molecule has 0 fully saturated rings. The van der Waals surface area contributed by atoms with Crippen molar-refractivity contribution in [3.8, 4) is 0 Å².